The molecule has 0 saturated carbocycles. The standard InChI is InChI=1S/C13H23N3O4/c1-7(17)16(8(2)18)12(6-13(19)20)10-5-9(14)3-4-11(10)15/h3-5,7-8,12-13,17-20H,6,14-15H2,1-2H3. The van der Waals surface area contributed by atoms with Crippen LogP contribution in [0.25, 0.3) is 0 Å². The number of hydrogen-bond acceptors (Lipinski definition) is 7. The minimum absolute atomic E-state index is 0.122. The highest BCUT2D eigenvalue weighted by molar-refractivity contribution is 5.56. The average molecular weight is 285 g/mol. The fraction of sp³-hybridized carbons (Fsp3) is 0.538. The molecule has 114 valence electrons. The van der Waals surface area contributed by atoms with Gasteiger partial charge in [0.15, 0.2) is 6.29 Å². The van der Waals surface area contributed by atoms with Gasteiger partial charge in [0.25, 0.3) is 0 Å². The van der Waals surface area contributed by atoms with Crippen LogP contribution in [-0.4, -0.2) is 44.1 Å². The molecule has 7 heteroatoms. The van der Waals surface area contributed by atoms with Gasteiger partial charge in [0.1, 0.15) is 12.5 Å². The van der Waals surface area contributed by atoms with Crippen molar-refractivity contribution >= 4 is 11.4 Å². The van der Waals surface area contributed by atoms with Crippen LogP contribution in [0, 0.1) is 0 Å². The minimum atomic E-state index is -1.61. The summed E-state index contributed by atoms with van der Waals surface area (Å²) in [5.74, 6) is 0. The summed E-state index contributed by atoms with van der Waals surface area (Å²) in [6.45, 7) is 2.96. The summed E-state index contributed by atoms with van der Waals surface area (Å²) in [6.07, 6.45) is -3.73. The van der Waals surface area contributed by atoms with Gasteiger partial charge in [-0.2, -0.15) is 0 Å². The average Bonchev–Trinajstić information content (AvgIpc) is 2.30. The number of benzene rings is 1. The number of anilines is 2. The molecule has 1 rings (SSSR count). The quantitative estimate of drug-likeness (QED) is 0.308. The summed E-state index contributed by atoms with van der Waals surface area (Å²) >= 11 is 0. The van der Waals surface area contributed by atoms with Crippen molar-refractivity contribution in [1.29, 1.82) is 0 Å². The zero-order valence-corrected chi connectivity index (χ0v) is 11.6. The third-order valence-electron chi connectivity index (χ3n) is 3.13. The first-order chi connectivity index (χ1) is 9.23. The summed E-state index contributed by atoms with van der Waals surface area (Å²) in [5, 5.41) is 38.1. The molecular weight excluding hydrogens is 262 g/mol. The van der Waals surface area contributed by atoms with Crippen molar-refractivity contribution in [3.63, 3.8) is 0 Å². The molecule has 0 fully saturated rings. The number of hydrogen-bond donors (Lipinski definition) is 6. The van der Waals surface area contributed by atoms with Crippen molar-refractivity contribution in [2.45, 2.75) is 45.1 Å². The maximum atomic E-state index is 9.82. The molecule has 0 aliphatic heterocycles. The second kappa shape index (κ2) is 6.87. The predicted molar refractivity (Wildman–Crippen MR) is 76.1 cm³/mol. The third kappa shape index (κ3) is 4.06. The van der Waals surface area contributed by atoms with Crippen molar-refractivity contribution in [2.24, 2.45) is 0 Å². The Hall–Kier alpha value is -1.38. The Morgan fingerprint density at radius 3 is 2.05 bits per heavy atom. The number of nitrogen functional groups attached to an aromatic ring is 2. The maximum absolute atomic E-state index is 9.82. The Morgan fingerprint density at radius 1 is 1.05 bits per heavy atom. The lowest BCUT2D eigenvalue weighted by atomic mass is 9.98. The van der Waals surface area contributed by atoms with Crippen LogP contribution in [-0.2, 0) is 0 Å². The van der Waals surface area contributed by atoms with E-state index in [0.29, 0.717) is 16.9 Å². The zero-order valence-electron chi connectivity index (χ0n) is 11.6. The minimum Gasteiger partial charge on any atom is -0.399 e. The second-order valence-electron chi connectivity index (χ2n) is 4.83. The SMILES string of the molecule is CC(O)N(C(C)O)C(CC(O)O)c1cc(N)ccc1N. The molecule has 7 nitrogen and oxygen atoms in total. The van der Waals surface area contributed by atoms with Crippen LogP contribution in [0.2, 0.25) is 0 Å². The lowest BCUT2D eigenvalue weighted by Crippen LogP contribution is -2.44. The summed E-state index contributed by atoms with van der Waals surface area (Å²) in [4.78, 5) is 1.32. The highest BCUT2D eigenvalue weighted by Crippen LogP contribution is 2.33. The third-order valence-corrected chi connectivity index (χ3v) is 3.13. The van der Waals surface area contributed by atoms with E-state index >= 15 is 0 Å². The van der Waals surface area contributed by atoms with E-state index < -0.39 is 24.8 Å². The number of nitrogens with two attached hydrogens (primary N) is 2. The predicted octanol–water partition coefficient (Wildman–Crippen LogP) is -0.429. The van der Waals surface area contributed by atoms with Gasteiger partial charge in [-0.05, 0) is 37.6 Å². The van der Waals surface area contributed by atoms with Crippen LogP contribution < -0.4 is 11.5 Å². The van der Waals surface area contributed by atoms with Crippen LogP contribution in [0.3, 0.4) is 0 Å². The molecule has 0 amide bonds. The molecule has 3 unspecified atom stereocenters. The van der Waals surface area contributed by atoms with E-state index in [1.165, 1.54) is 18.7 Å². The van der Waals surface area contributed by atoms with Gasteiger partial charge in [-0.3, -0.25) is 0 Å². The highest BCUT2D eigenvalue weighted by atomic mass is 16.5. The highest BCUT2D eigenvalue weighted by Gasteiger charge is 2.30. The smallest absolute Gasteiger partial charge is 0.153 e. The first-order valence-electron chi connectivity index (χ1n) is 6.38. The number of nitrogens with zero attached hydrogens (tertiary/aromatic N) is 1. The molecule has 0 aliphatic carbocycles. The summed E-state index contributed by atoms with van der Waals surface area (Å²) in [6, 6.07) is 4.14. The van der Waals surface area contributed by atoms with Crippen LogP contribution in [0.4, 0.5) is 11.4 Å². The molecule has 8 N–H and O–H groups in total. The normalized spacial score (nSPS) is 16.4. The lowest BCUT2D eigenvalue weighted by Gasteiger charge is -2.37. The Balaban J connectivity index is 3.26. The van der Waals surface area contributed by atoms with Crippen LogP contribution in [0.5, 0.6) is 0 Å². The van der Waals surface area contributed by atoms with Crippen molar-refractivity contribution in [1.82, 2.24) is 4.90 Å². The van der Waals surface area contributed by atoms with Crippen molar-refractivity contribution in [2.75, 3.05) is 11.5 Å². The van der Waals surface area contributed by atoms with E-state index in [0.717, 1.165) is 0 Å². The van der Waals surface area contributed by atoms with E-state index in [2.05, 4.69) is 0 Å². The largest absolute Gasteiger partial charge is 0.399 e. The lowest BCUT2D eigenvalue weighted by molar-refractivity contribution is -0.135. The molecular formula is C13H23N3O4. The monoisotopic (exact) mass is 285 g/mol. The molecule has 20 heavy (non-hydrogen) atoms. The van der Waals surface area contributed by atoms with Gasteiger partial charge in [0, 0.05) is 23.8 Å². The van der Waals surface area contributed by atoms with Gasteiger partial charge in [-0.15, -0.1) is 0 Å². The Bertz CT molecular complexity index is 430. The summed E-state index contributed by atoms with van der Waals surface area (Å²) in [7, 11) is 0. The molecule has 0 aromatic heterocycles. The summed E-state index contributed by atoms with van der Waals surface area (Å²) in [5.41, 5.74) is 13.0. The molecule has 0 heterocycles. The second-order valence-corrected chi connectivity index (χ2v) is 4.83. The first kappa shape index (κ1) is 16.7. The van der Waals surface area contributed by atoms with Crippen LogP contribution in [0.1, 0.15) is 31.9 Å². The van der Waals surface area contributed by atoms with E-state index in [4.69, 9.17) is 11.5 Å². The van der Waals surface area contributed by atoms with E-state index in [-0.39, 0.29) is 6.42 Å². The maximum Gasteiger partial charge on any atom is 0.153 e. The van der Waals surface area contributed by atoms with Gasteiger partial charge in [-0.25, -0.2) is 4.90 Å². The molecule has 3 atom stereocenters. The molecule has 0 spiro atoms. The molecule has 1 aromatic carbocycles. The number of aliphatic hydroxyl groups is 4. The van der Waals surface area contributed by atoms with Gasteiger partial charge in [0.2, 0.25) is 0 Å². The van der Waals surface area contributed by atoms with Gasteiger partial charge >= 0.3 is 0 Å². The molecule has 0 radical (unpaired) electrons. The van der Waals surface area contributed by atoms with Crippen LogP contribution >= 0.6 is 0 Å². The van der Waals surface area contributed by atoms with E-state index in [9.17, 15) is 20.4 Å². The number of aliphatic hydroxyl groups excluding tert-OH is 3. The van der Waals surface area contributed by atoms with Crippen molar-refractivity contribution in [3.8, 4) is 0 Å². The van der Waals surface area contributed by atoms with Gasteiger partial charge in [-0.1, -0.05) is 0 Å². The molecule has 1 aromatic rings. The van der Waals surface area contributed by atoms with E-state index in [1.54, 1.807) is 18.2 Å². The topological polar surface area (TPSA) is 136 Å². The number of rotatable bonds is 6. The van der Waals surface area contributed by atoms with Crippen LogP contribution in [0.15, 0.2) is 18.2 Å². The van der Waals surface area contributed by atoms with Gasteiger partial charge in [0.05, 0.1) is 0 Å². The van der Waals surface area contributed by atoms with Crippen molar-refractivity contribution < 1.29 is 20.4 Å². The Morgan fingerprint density at radius 2 is 1.60 bits per heavy atom. The first-order valence-corrected chi connectivity index (χ1v) is 6.38. The molecule has 0 bridgehead atoms. The van der Waals surface area contributed by atoms with E-state index in [1.807, 2.05) is 0 Å². The molecule has 0 saturated heterocycles. The summed E-state index contributed by atoms with van der Waals surface area (Å²) < 4.78 is 0. The van der Waals surface area contributed by atoms with Crippen molar-refractivity contribution in [3.05, 3.63) is 23.8 Å². The Kier molecular flexibility index (Phi) is 5.73. The Labute approximate surface area is 118 Å². The van der Waals surface area contributed by atoms with Gasteiger partial charge < -0.3 is 31.9 Å². The molecule has 0 aliphatic rings. The zero-order chi connectivity index (χ0) is 15.4. The fourth-order valence-corrected chi connectivity index (χ4v) is 2.32. The fourth-order valence-electron chi connectivity index (χ4n) is 2.32.